The van der Waals surface area contributed by atoms with Crippen molar-refractivity contribution in [3.8, 4) is 5.75 Å². The highest BCUT2D eigenvalue weighted by atomic mass is 32.1. The second-order valence-electron chi connectivity index (χ2n) is 4.06. The Bertz CT molecular complexity index is 696. The summed E-state index contributed by atoms with van der Waals surface area (Å²) in [6, 6.07) is 6.20. The Morgan fingerprint density at radius 3 is 3.00 bits per heavy atom. The number of aromatic nitrogens is 2. The van der Waals surface area contributed by atoms with Crippen molar-refractivity contribution in [2.24, 2.45) is 7.05 Å². The van der Waals surface area contributed by atoms with Crippen LogP contribution in [0.1, 0.15) is 11.9 Å². The third-order valence-electron chi connectivity index (χ3n) is 2.92. The van der Waals surface area contributed by atoms with Gasteiger partial charge >= 0.3 is 0 Å². The number of hydrogen-bond acceptors (Lipinski definition) is 3. The Morgan fingerprint density at radius 2 is 2.24 bits per heavy atom. The fraction of sp³-hybridized carbons (Fsp3) is 0.308. The highest BCUT2D eigenvalue weighted by molar-refractivity contribution is 7.18. The SMILES string of the molecule is CCOc1ccc2c(c1)c1nc(C)sc1n2C. The van der Waals surface area contributed by atoms with Gasteiger partial charge in [-0.25, -0.2) is 4.98 Å². The van der Waals surface area contributed by atoms with Crippen LogP contribution in [0, 0.1) is 6.92 Å². The van der Waals surface area contributed by atoms with Gasteiger partial charge in [0.05, 0.1) is 17.1 Å². The maximum absolute atomic E-state index is 5.55. The van der Waals surface area contributed by atoms with Gasteiger partial charge in [0.2, 0.25) is 0 Å². The van der Waals surface area contributed by atoms with E-state index in [0.717, 1.165) is 16.3 Å². The van der Waals surface area contributed by atoms with Crippen LogP contribution in [-0.4, -0.2) is 16.2 Å². The fourth-order valence-electron chi connectivity index (χ4n) is 2.18. The topological polar surface area (TPSA) is 27.1 Å². The molecule has 2 heterocycles. The predicted octanol–water partition coefficient (Wildman–Crippen LogP) is 3.50. The number of aryl methyl sites for hydroxylation is 2. The number of thiazole rings is 1. The zero-order chi connectivity index (χ0) is 12.0. The van der Waals surface area contributed by atoms with Gasteiger partial charge in [-0.2, -0.15) is 0 Å². The number of fused-ring (bicyclic) bond motifs is 3. The van der Waals surface area contributed by atoms with Gasteiger partial charge in [-0.15, -0.1) is 11.3 Å². The van der Waals surface area contributed by atoms with E-state index in [0.29, 0.717) is 6.61 Å². The molecule has 0 saturated heterocycles. The summed E-state index contributed by atoms with van der Waals surface area (Å²) in [5.74, 6) is 0.915. The summed E-state index contributed by atoms with van der Waals surface area (Å²) in [5, 5.41) is 2.28. The predicted molar refractivity (Wildman–Crippen MR) is 72.0 cm³/mol. The summed E-state index contributed by atoms with van der Waals surface area (Å²) >= 11 is 1.73. The van der Waals surface area contributed by atoms with Crippen LogP contribution in [0.5, 0.6) is 5.75 Å². The molecule has 0 aliphatic heterocycles. The molecule has 17 heavy (non-hydrogen) atoms. The number of hydrogen-bond donors (Lipinski definition) is 0. The summed E-state index contributed by atoms with van der Waals surface area (Å²) in [6.07, 6.45) is 0. The van der Waals surface area contributed by atoms with Gasteiger partial charge in [-0.05, 0) is 32.0 Å². The van der Waals surface area contributed by atoms with Crippen molar-refractivity contribution in [3.63, 3.8) is 0 Å². The average Bonchev–Trinajstić information content (AvgIpc) is 2.80. The van der Waals surface area contributed by atoms with Gasteiger partial charge < -0.3 is 9.30 Å². The first-order chi connectivity index (χ1) is 8.20. The van der Waals surface area contributed by atoms with Gasteiger partial charge in [0, 0.05) is 12.4 Å². The van der Waals surface area contributed by atoms with Crippen molar-refractivity contribution in [1.82, 2.24) is 9.55 Å². The molecule has 0 spiro atoms. The average molecular weight is 246 g/mol. The van der Waals surface area contributed by atoms with Crippen LogP contribution in [0.15, 0.2) is 18.2 Å². The van der Waals surface area contributed by atoms with E-state index >= 15 is 0 Å². The molecule has 1 aromatic carbocycles. The van der Waals surface area contributed by atoms with Crippen LogP contribution in [0.2, 0.25) is 0 Å². The van der Waals surface area contributed by atoms with Crippen molar-refractivity contribution in [1.29, 1.82) is 0 Å². The Balaban J connectivity index is 2.36. The molecule has 0 amide bonds. The van der Waals surface area contributed by atoms with Crippen LogP contribution in [0.25, 0.3) is 21.3 Å². The summed E-state index contributed by atoms with van der Waals surface area (Å²) in [7, 11) is 2.09. The van der Waals surface area contributed by atoms with Crippen molar-refractivity contribution in [2.45, 2.75) is 13.8 Å². The van der Waals surface area contributed by atoms with E-state index in [4.69, 9.17) is 4.74 Å². The molecule has 0 unspecified atom stereocenters. The molecule has 0 aliphatic carbocycles. The zero-order valence-corrected chi connectivity index (χ0v) is 11.0. The summed E-state index contributed by atoms with van der Waals surface area (Å²) < 4.78 is 7.74. The molecule has 4 heteroatoms. The maximum Gasteiger partial charge on any atom is 0.124 e. The summed E-state index contributed by atoms with van der Waals surface area (Å²) in [4.78, 5) is 5.83. The van der Waals surface area contributed by atoms with Gasteiger partial charge in [-0.3, -0.25) is 0 Å². The molecule has 0 bridgehead atoms. The van der Waals surface area contributed by atoms with Gasteiger partial charge in [0.25, 0.3) is 0 Å². The third-order valence-corrected chi connectivity index (χ3v) is 3.96. The minimum absolute atomic E-state index is 0.692. The van der Waals surface area contributed by atoms with Crippen molar-refractivity contribution >= 4 is 32.6 Å². The number of nitrogens with zero attached hydrogens (tertiary/aromatic N) is 2. The first-order valence-electron chi connectivity index (χ1n) is 5.69. The molecule has 0 radical (unpaired) electrons. The van der Waals surface area contributed by atoms with Crippen LogP contribution >= 0.6 is 11.3 Å². The molecule has 2 aromatic heterocycles. The second kappa shape index (κ2) is 3.74. The lowest BCUT2D eigenvalue weighted by molar-refractivity contribution is 0.341. The molecule has 0 fully saturated rings. The number of rotatable bonds is 2. The van der Waals surface area contributed by atoms with Crippen LogP contribution < -0.4 is 4.74 Å². The number of ether oxygens (including phenoxy) is 1. The Labute approximate surface area is 104 Å². The summed E-state index contributed by atoms with van der Waals surface area (Å²) in [5.41, 5.74) is 2.30. The Kier molecular flexibility index (Phi) is 2.33. The lowest BCUT2D eigenvalue weighted by Crippen LogP contribution is -1.91. The Hall–Kier alpha value is -1.55. The molecular formula is C13H14N2OS. The van der Waals surface area contributed by atoms with Gasteiger partial charge in [0.1, 0.15) is 16.1 Å². The molecule has 88 valence electrons. The first-order valence-corrected chi connectivity index (χ1v) is 6.50. The van der Waals surface area contributed by atoms with E-state index in [1.54, 1.807) is 11.3 Å². The van der Waals surface area contributed by atoms with E-state index in [2.05, 4.69) is 28.7 Å². The Morgan fingerprint density at radius 1 is 1.41 bits per heavy atom. The van der Waals surface area contributed by atoms with E-state index in [-0.39, 0.29) is 0 Å². The molecule has 0 saturated carbocycles. The van der Waals surface area contributed by atoms with E-state index in [9.17, 15) is 0 Å². The highest BCUT2D eigenvalue weighted by Gasteiger charge is 2.12. The maximum atomic E-state index is 5.55. The standard InChI is InChI=1S/C13H14N2OS/c1-4-16-9-5-6-11-10(7-9)12-13(15(11)3)17-8(2)14-12/h5-7H,4H2,1-3H3. The number of benzene rings is 1. The van der Waals surface area contributed by atoms with E-state index < -0.39 is 0 Å². The summed E-state index contributed by atoms with van der Waals surface area (Å²) in [6.45, 7) is 4.73. The smallest absolute Gasteiger partial charge is 0.124 e. The lowest BCUT2D eigenvalue weighted by Gasteiger charge is -2.03. The minimum Gasteiger partial charge on any atom is -0.494 e. The quantitative estimate of drug-likeness (QED) is 0.692. The van der Waals surface area contributed by atoms with Crippen molar-refractivity contribution < 1.29 is 4.74 Å². The second-order valence-corrected chi connectivity index (χ2v) is 5.24. The zero-order valence-electron chi connectivity index (χ0n) is 10.2. The highest BCUT2D eigenvalue weighted by Crippen LogP contribution is 2.33. The molecular weight excluding hydrogens is 232 g/mol. The monoisotopic (exact) mass is 246 g/mol. The molecule has 0 N–H and O–H groups in total. The van der Waals surface area contributed by atoms with Gasteiger partial charge in [-0.1, -0.05) is 0 Å². The molecule has 3 rings (SSSR count). The van der Waals surface area contributed by atoms with Crippen LogP contribution in [0.3, 0.4) is 0 Å². The minimum atomic E-state index is 0.692. The van der Waals surface area contributed by atoms with Crippen LogP contribution in [0.4, 0.5) is 0 Å². The van der Waals surface area contributed by atoms with Crippen molar-refractivity contribution in [3.05, 3.63) is 23.2 Å². The van der Waals surface area contributed by atoms with Crippen molar-refractivity contribution in [2.75, 3.05) is 6.61 Å². The molecule has 3 aromatic rings. The van der Waals surface area contributed by atoms with E-state index in [1.807, 2.05) is 19.9 Å². The molecule has 0 aliphatic rings. The lowest BCUT2D eigenvalue weighted by atomic mass is 10.2. The fourth-order valence-corrected chi connectivity index (χ4v) is 3.09. The third kappa shape index (κ3) is 1.52. The molecule has 0 atom stereocenters. The molecule has 3 nitrogen and oxygen atoms in total. The largest absolute Gasteiger partial charge is 0.494 e. The first kappa shape index (κ1) is 10.6. The normalized spacial score (nSPS) is 11.5. The van der Waals surface area contributed by atoms with Crippen LogP contribution in [-0.2, 0) is 7.05 Å². The van der Waals surface area contributed by atoms with Gasteiger partial charge in [0.15, 0.2) is 0 Å². The van der Waals surface area contributed by atoms with E-state index in [1.165, 1.54) is 15.7 Å².